The Morgan fingerprint density at radius 3 is 2.71 bits per heavy atom. The highest BCUT2D eigenvalue weighted by molar-refractivity contribution is 5.87. The minimum atomic E-state index is -1.01. The van der Waals surface area contributed by atoms with Crippen LogP contribution in [0.3, 0.4) is 0 Å². The normalized spacial score (nSPS) is 21.6. The lowest BCUT2D eigenvalue weighted by atomic mass is 10.2. The molecule has 3 amide bonds. The van der Waals surface area contributed by atoms with Crippen LogP contribution in [0.5, 0.6) is 0 Å². The quantitative estimate of drug-likeness (QED) is 0.589. The average Bonchev–Trinajstić information content (AvgIpc) is 3.09. The first-order valence-corrected chi connectivity index (χ1v) is 5.63. The molecular formula is C10H15N3O4. The standard InChI is InChI=1S/C10H15N3O4/c14-7-5-13(4-3-11-7)10(17)12-8(9(15)16)6-1-2-6/h6,8H,1-5H2,(H,11,14)(H,12,17)(H,15,16). The van der Waals surface area contributed by atoms with Crippen LogP contribution in [-0.2, 0) is 9.59 Å². The second kappa shape index (κ2) is 4.60. The SMILES string of the molecule is O=C1CN(C(=O)NC(C(=O)O)C2CC2)CCN1. The topological polar surface area (TPSA) is 98.7 Å². The largest absolute Gasteiger partial charge is 0.480 e. The Hall–Kier alpha value is -1.79. The van der Waals surface area contributed by atoms with Crippen LogP contribution in [0.1, 0.15) is 12.8 Å². The van der Waals surface area contributed by atoms with Gasteiger partial charge in [-0.3, -0.25) is 4.79 Å². The average molecular weight is 241 g/mol. The van der Waals surface area contributed by atoms with Gasteiger partial charge in [0.05, 0.1) is 0 Å². The summed E-state index contributed by atoms with van der Waals surface area (Å²) in [5, 5.41) is 14.0. The van der Waals surface area contributed by atoms with Gasteiger partial charge in [-0.2, -0.15) is 0 Å². The molecule has 1 aliphatic carbocycles. The van der Waals surface area contributed by atoms with E-state index in [0.29, 0.717) is 13.1 Å². The van der Waals surface area contributed by atoms with Gasteiger partial charge >= 0.3 is 12.0 Å². The highest BCUT2D eigenvalue weighted by Gasteiger charge is 2.38. The van der Waals surface area contributed by atoms with Gasteiger partial charge in [-0.1, -0.05) is 0 Å². The summed E-state index contributed by atoms with van der Waals surface area (Å²) in [4.78, 5) is 35.1. The molecule has 0 bridgehead atoms. The summed E-state index contributed by atoms with van der Waals surface area (Å²) in [5.41, 5.74) is 0. The van der Waals surface area contributed by atoms with Crippen LogP contribution in [0.15, 0.2) is 0 Å². The number of carbonyl (C=O) groups is 3. The summed E-state index contributed by atoms with van der Waals surface area (Å²) in [7, 11) is 0. The zero-order valence-electron chi connectivity index (χ0n) is 9.31. The fourth-order valence-electron chi connectivity index (χ4n) is 1.85. The lowest BCUT2D eigenvalue weighted by Crippen LogP contribution is -2.56. The number of carboxylic acid groups (broad SMARTS) is 1. The first-order valence-electron chi connectivity index (χ1n) is 5.63. The molecule has 0 aromatic rings. The number of nitrogens with one attached hydrogen (secondary N) is 2. The predicted molar refractivity (Wildman–Crippen MR) is 57.3 cm³/mol. The maximum atomic E-state index is 11.8. The molecule has 7 heteroatoms. The first kappa shape index (κ1) is 11.7. The van der Waals surface area contributed by atoms with Crippen molar-refractivity contribution in [2.75, 3.05) is 19.6 Å². The summed E-state index contributed by atoms with van der Waals surface area (Å²) >= 11 is 0. The van der Waals surface area contributed by atoms with E-state index in [1.807, 2.05) is 0 Å². The van der Waals surface area contributed by atoms with Crippen molar-refractivity contribution in [3.05, 3.63) is 0 Å². The molecule has 2 fully saturated rings. The van der Waals surface area contributed by atoms with Crippen LogP contribution in [0, 0.1) is 5.92 Å². The van der Waals surface area contributed by atoms with Gasteiger partial charge in [-0.15, -0.1) is 0 Å². The van der Waals surface area contributed by atoms with E-state index in [-0.39, 0.29) is 18.4 Å². The highest BCUT2D eigenvalue weighted by atomic mass is 16.4. The van der Waals surface area contributed by atoms with Crippen LogP contribution in [0.25, 0.3) is 0 Å². The fourth-order valence-corrected chi connectivity index (χ4v) is 1.85. The first-order chi connectivity index (χ1) is 8.08. The summed E-state index contributed by atoms with van der Waals surface area (Å²) in [6, 6.07) is -1.30. The third-order valence-corrected chi connectivity index (χ3v) is 2.96. The number of nitrogens with zero attached hydrogens (tertiary/aromatic N) is 1. The lowest BCUT2D eigenvalue weighted by Gasteiger charge is -2.28. The van der Waals surface area contributed by atoms with Gasteiger partial charge in [0, 0.05) is 13.1 Å². The Kier molecular flexibility index (Phi) is 3.16. The maximum Gasteiger partial charge on any atom is 0.326 e. The monoisotopic (exact) mass is 241 g/mol. The summed E-state index contributed by atoms with van der Waals surface area (Å²) in [5.74, 6) is -1.19. The van der Waals surface area contributed by atoms with Crippen molar-refractivity contribution in [3.8, 4) is 0 Å². The molecule has 1 atom stereocenters. The van der Waals surface area contributed by atoms with Gasteiger partial charge in [0.15, 0.2) is 0 Å². The molecule has 1 aliphatic heterocycles. The maximum absolute atomic E-state index is 11.8. The van der Waals surface area contributed by atoms with Crippen molar-refractivity contribution in [1.82, 2.24) is 15.5 Å². The zero-order valence-corrected chi connectivity index (χ0v) is 9.31. The van der Waals surface area contributed by atoms with E-state index in [2.05, 4.69) is 10.6 Å². The molecular weight excluding hydrogens is 226 g/mol. The van der Waals surface area contributed by atoms with Gasteiger partial charge < -0.3 is 20.6 Å². The van der Waals surface area contributed by atoms with Crippen molar-refractivity contribution >= 4 is 17.9 Å². The van der Waals surface area contributed by atoms with E-state index in [1.165, 1.54) is 4.90 Å². The molecule has 0 aromatic heterocycles. The Morgan fingerprint density at radius 2 is 2.18 bits per heavy atom. The van der Waals surface area contributed by atoms with Crippen LogP contribution in [-0.4, -0.2) is 53.6 Å². The van der Waals surface area contributed by atoms with Gasteiger partial charge in [-0.05, 0) is 18.8 Å². The number of aliphatic carboxylic acids is 1. The summed E-state index contributed by atoms with van der Waals surface area (Å²) < 4.78 is 0. The second-order valence-electron chi connectivity index (χ2n) is 4.37. The van der Waals surface area contributed by atoms with Crippen LogP contribution >= 0.6 is 0 Å². The minimum Gasteiger partial charge on any atom is -0.480 e. The molecule has 94 valence electrons. The van der Waals surface area contributed by atoms with Crippen LogP contribution in [0.2, 0.25) is 0 Å². The van der Waals surface area contributed by atoms with Crippen molar-refractivity contribution in [1.29, 1.82) is 0 Å². The summed E-state index contributed by atoms with van der Waals surface area (Å²) in [6.07, 6.45) is 1.66. The number of carboxylic acids is 1. The van der Waals surface area contributed by atoms with E-state index in [9.17, 15) is 14.4 Å². The molecule has 1 heterocycles. The number of hydrogen-bond acceptors (Lipinski definition) is 3. The number of amides is 3. The predicted octanol–water partition coefficient (Wildman–Crippen LogP) is -1.01. The second-order valence-corrected chi connectivity index (χ2v) is 4.37. The molecule has 2 aliphatic rings. The van der Waals surface area contributed by atoms with Gasteiger partial charge in [-0.25, -0.2) is 9.59 Å². The van der Waals surface area contributed by atoms with Crippen molar-refractivity contribution in [3.63, 3.8) is 0 Å². The molecule has 1 unspecified atom stereocenters. The molecule has 17 heavy (non-hydrogen) atoms. The number of carbonyl (C=O) groups excluding carboxylic acids is 2. The van der Waals surface area contributed by atoms with Gasteiger partial charge in [0.25, 0.3) is 0 Å². The molecule has 1 saturated carbocycles. The Labute approximate surface area is 98.2 Å². The number of piperazine rings is 1. The lowest BCUT2D eigenvalue weighted by molar-refractivity contribution is -0.139. The van der Waals surface area contributed by atoms with E-state index >= 15 is 0 Å². The van der Waals surface area contributed by atoms with Crippen molar-refractivity contribution < 1.29 is 19.5 Å². The molecule has 0 aromatic carbocycles. The number of rotatable bonds is 3. The number of urea groups is 1. The Bertz CT molecular complexity index is 353. The van der Waals surface area contributed by atoms with Crippen LogP contribution < -0.4 is 10.6 Å². The fraction of sp³-hybridized carbons (Fsp3) is 0.700. The molecule has 2 rings (SSSR count). The minimum absolute atomic E-state index is 0.0111. The third-order valence-electron chi connectivity index (χ3n) is 2.96. The van der Waals surface area contributed by atoms with E-state index in [1.54, 1.807) is 0 Å². The smallest absolute Gasteiger partial charge is 0.326 e. The molecule has 7 nitrogen and oxygen atoms in total. The van der Waals surface area contributed by atoms with Gasteiger partial charge in [0.1, 0.15) is 12.6 Å². The molecule has 3 N–H and O–H groups in total. The molecule has 1 saturated heterocycles. The zero-order chi connectivity index (χ0) is 12.4. The van der Waals surface area contributed by atoms with E-state index in [4.69, 9.17) is 5.11 Å². The van der Waals surface area contributed by atoms with Crippen molar-refractivity contribution in [2.24, 2.45) is 5.92 Å². The Morgan fingerprint density at radius 1 is 1.47 bits per heavy atom. The third kappa shape index (κ3) is 2.86. The van der Waals surface area contributed by atoms with Crippen molar-refractivity contribution in [2.45, 2.75) is 18.9 Å². The number of hydrogen-bond donors (Lipinski definition) is 3. The summed E-state index contributed by atoms with van der Waals surface area (Å²) in [6.45, 7) is 0.810. The molecule has 0 radical (unpaired) electrons. The van der Waals surface area contributed by atoms with E-state index < -0.39 is 18.0 Å². The Balaban J connectivity index is 1.90. The highest BCUT2D eigenvalue weighted by Crippen LogP contribution is 2.32. The van der Waals surface area contributed by atoms with Crippen LogP contribution in [0.4, 0.5) is 4.79 Å². The van der Waals surface area contributed by atoms with E-state index in [0.717, 1.165) is 12.8 Å². The molecule has 0 spiro atoms. The van der Waals surface area contributed by atoms with Gasteiger partial charge in [0.2, 0.25) is 5.91 Å².